The third-order valence-corrected chi connectivity index (χ3v) is 1.38. The van der Waals surface area contributed by atoms with Gasteiger partial charge in [0.15, 0.2) is 0 Å². The Morgan fingerprint density at radius 1 is 1.50 bits per heavy atom. The first kappa shape index (κ1) is 4.73. The summed E-state index contributed by atoms with van der Waals surface area (Å²) in [5, 5.41) is 0. The van der Waals surface area contributed by atoms with E-state index in [1.54, 1.807) is 0 Å². The van der Waals surface area contributed by atoms with Crippen molar-refractivity contribution in [2.75, 3.05) is 6.61 Å². The van der Waals surface area contributed by atoms with Gasteiger partial charge >= 0.3 is 0 Å². The molecule has 0 aliphatic carbocycles. The molecule has 1 atom stereocenters. The highest BCUT2D eigenvalue weighted by atomic mass is 17.2. The Balaban J connectivity index is 2.03. The number of rotatable bonds is 0. The zero-order valence-electron chi connectivity index (χ0n) is 4.42. The van der Waals surface area contributed by atoms with Gasteiger partial charge < -0.3 is 4.74 Å². The second-order valence-electron chi connectivity index (χ2n) is 2.02. The monoisotopic (exact) mass is 115 g/mol. The molecule has 0 aromatic rings. The summed E-state index contributed by atoms with van der Waals surface area (Å²) in [5.41, 5.74) is 0. The van der Waals surface area contributed by atoms with Crippen molar-refractivity contribution in [2.24, 2.45) is 0 Å². The zero-order chi connectivity index (χ0) is 5.40. The number of ether oxygens (including phenoxy) is 1. The van der Waals surface area contributed by atoms with Gasteiger partial charge in [-0.3, -0.25) is 0 Å². The van der Waals surface area contributed by atoms with E-state index in [1.807, 2.05) is 0 Å². The first-order chi connectivity index (χ1) is 3.95. The molecule has 45 valence electrons. The van der Waals surface area contributed by atoms with Gasteiger partial charge in [-0.1, -0.05) is 0 Å². The molecule has 3 nitrogen and oxygen atoms in total. The molecule has 2 bridgehead atoms. The first-order valence-corrected chi connectivity index (χ1v) is 2.77. The molecule has 3 saturated heterocycles. The van der Waals surface area contributed by atoms with Crippen LogP contribution in [-0.2, 0) is 14.5 Å². The summed E-state index contributed by atoms with van der Waals surface area (Å²) in [4.78, 5) is 9.49. The molecule has 3 fully saturated rings. The van der Waals surface area contributed by atoms with Gasteiger partial charge in [0.25, 0.3) is 6.29 Å². The fourth-order valence-corrected chi connectivity index (χ4v) is 0.884. The summed E-state index contributed by atoms with van der Waals surface area (Å²) in [5.74, 6) is 0. The Kier molecular flexibility index (Phi) is 0.997. The maximum atomic E-state index is 5.05. The van der Waals surface area contributed by atoms with E-state index < -0.39 is 0 Å². The molecular weight excluding hydrogens is 108 g/mol. The lowest BCUT2D eigenvalue weighted by atomic mass is 10.1. The van der Waals surface area contributed by atoms with Crippen molar-refractivity contribution < 1.29 is 14.5 Å². The third-order valence-electron chi connectivity index (χ3n) is 1.38. The fraction of sp³-hybridized carbons (Fsp3) is 0.800. The van der Waals surface area contributed by atoms with Crippen molar-refractivity contribution >= 4 is 0 Å². The van der Waals surface area contributed by atoms with Crippen LogP contribution in [0.5, 0.6) is 0 Å². The van der Waals surface area contributed by atoms with E-state index in [9.17, 15) is 0 Å². The van der Waals surface area contributed by atoms with Gasteiger partial charge in [-0.25, -0.2) is 4.89 Å². The van der Waals surface area contributed by atoms with Crippen LogP contribution in [0.25, 0.3) is 0 Å². The predicted molar refractivity (Wildman–Crippen MR) is 24.4 cm³/mol. The highest BCUT2D eigenvalue weighted by Gasteiger charge is 2.31. The lowest BCUT2D eigenvalue weighted by Crippen LogP contribution is -2.35. The molecule has 0 spiro atoms. The minimum absolute atomic E-state index is 0.187. The average molecular weight is 115 g/mol. The Bertz CT molecular complexity index is 62.7. The molecule has 0 amide bonds. The average Bonchev–Trinajstić information content (AvgIpc) is 1.92. The Hall–Kier alpha value is -0.120. The first-order valence-electron chi connectivity index (χ1n) is 2.77. The molecule has 0 saturated carbocycles. The predicted octanol–water partition coefficient (Wildman–Crippen LogP) is 0.617. The van der Waals surface area contributed by atoms with Crippen LogP contribution >= 0.6 is 0 Å². The van der Waals surface area contributed by atoms with Gasteiger partial charge in [0, 0.05) is 6.42 Å². The van der Waals surface area contributed by atoms with Crippen LogP contribution in [0.1, 0.15) is 12.8 Å². The molecule has 3 aliphatic rings. The highest BCUT2D eigenvalue weighted by molar-refractivity contribution is 4.77. The van der Waals surface area contributed by atoms with Crippen LogP contribution < -0.4 is 0 Å². The van der Waals surface area contributed by atoms with Gasteiger partial charge in [-0.2, -0.15) is 4.89 Å². The zero-order valence-corrected chi connectivity index (χ0v) is 4.42. The van der Waals surface area contributed by atoms with Crippen molar-refractivity contribution in [1.29, 1.82) is 0 Å². The normalized spacial score (nSPS) is 38.2. The van der Waals surface area contributed by atoms with Crippen molar-refractivity contribution in [1.82, 2.24) is 0 Å². The van der Waals surface area contributed by atoms with Crippen LogP contribution in [0.15, 0.2) is 0 Å². The van der Waals surface area contributed by atoms with Gasteiger partial charge in [0.05, 0.1) is 6.61 Å². The van der Waals surface area contributed by atoms with Crippen LogP contribution in [-0.4, -0.2) is 12.7 Å². The second kappa shape index (κ2) is 1.69. The van der Waals surface area contributed by atoms with Crippen LogP contribution in [0.4, 0.5) is 0 Å². The summed E-state index contributed by atoms with van der Waals surface area (Å²) < 4.78 is 5.05. The molecule has 8 heavy (non-hydrogen) atoms. The number of hydrogen-bond donors (Lipinski definition) is 0. The van der Waals surface area contributed by atoms with E-state index in [-0.39, 0.29) is 6.10 Å². The van der Waals surface area contributed by atoms with Crippen molar-refractivity contribution in [3.8, 4) is 0 Å². The molecule has 3 aliphatic heterocycles. The summed E-state index contributed by atoms with van der Waals surface area (Å²) in [6, 6.07) is 0. The molecule has 0 N–H and O–H groups in total. The van der Waals surface area contributed by atoms with Crippen molar-refractivity contribution in [2.45, 2.75) is 18.9 Å². The van der Waals surface area contributed by atoms with Crippen LogP contribution in [0, 0.1) is 6.29 Å². The lowest BCUT2D eigenvalue weighted by Gasteiger charge is -2.32. The number of hydrogen-bond acceptors (Lipinski definition) is 3. The Labute approximate surface area is 47.5 Å². The van der Waals surface area contributed by atoms with Gasteiger partial charge in [0.2, 0.25) is 0 Å². The minimum Gasteiger partial charge on any atom is -0.340 e. The SMILES string of the molecule is C1CC2CO[C]1OO2. The van der Waals surface area contributed by atoms with Crippen LogP contribution in [0.3, 0.4) is 0 Å². The van der Waals surface area contributed by atoms with Crippen molar-refractivity contribution in [3.63, 3.8) is 0 Å². The van der Waals surface area contributed by atoms with Gasteiger partial charge in [-0.05, 0) is 6.42 Å². The summed E-state index contributed by atoms with van der Waals surface area (Å²) >= 11 is 0. The van der Waals surface area contributed by atoms with E-state index in [2.05, 4.69) is 4.89 Å². The van der Waals surface area contributed by atoms with Gasteiger partial charge in [0.1, 0.15) is 6.10 Å². The summed E-state index contributed by atoms with van der Waals surface area (Å²) in [6.45, 7) is 0.676. The van der Waals surface area contributed by atoms with Crippen molar-refractivity contribution in [3.05, 3.63) is 6.29 Å². The van der Waals surface area contributed by atoms with E-state index in [0.717, 1.165) is 12.8 Å². The maximum absolute atomic E-state index is 5.05. The largest absolute Gasteiger partial charge is 0.340 e. The molecule has 3 heterocycles. The highest BCUT2D eigenvalue weighted by Crippen LogP contribution is 2.29. The topological polar surface area (TPSA) is 27.7 Å². The molecular formula is C5H7O3. The number of fused-ring (bicyclic) bond motifs is 3. The maximum Gasteiger partial charge on any atom is 0.259 e. The van der Waals surface area contributed by atoms with E-state index in [0.29, 0.717) is 12.9 Å². The lowest BCUT2D eigenvalue weighted by molar-refractivity contribution is -0.415. The Morgan fingerprint density at radius 2 is 2.50 bits per heavy atom. The van der Waals surface area contributed by atoms with Crippen LogP contribution in [0.2, 0.25) is 0 Å². The van der Waals surface area contributed by atoms with E-state index >= 15 is 0 Å². The summed E-state index contributed by atoms with van der Waals surface area (Å²) in [7, 11) is 0. The quantitative estimate of drug-likeness (QED) is 0.433. The Morgan fingerprint density at radius 3 is 2.62 bits per heavy atom. The standard InChI is InChI=1S/C5H7O3/c1-2-5-6-3-4(1)7-8-5/h4H,1-3H2. The molecule has 0 aromatic carbocycles. The van der Waals surface area contributed by atoms with Gasteiger partial charge in [-0.15, -0.1) is 0 Å². The van der Waals surface area contributed by atoms with E-state index in [4.69, 9.17) is 9.62 Å². The second-order valence-corrected chi connectivity index (χ2v) is 2.02. The van der Waals surface area contributed by atoms with E-state index in [1.165, 1.54) is 0 Å². The fourth-order valence-electron chi connectivity index (χ4n) is 0.884. The molecule has 1 radical (unpaired) electrons. The summed E-state index contributed by atoms with van der Waals surface area (Å²) in [6.07, 6.45) is 2.79. The molecule has 0 aromatic heterocycles. The molecule has 1 unspecified atom stereocenters. The molecule has 3 heteroatoms. The molecule has 3 rings (SSSR count). The minimum atomic E-state index is 0.187. The smallest absolute Gasteiger partial charge is 0.259 e. The third kappa shape index (κ3) is 0.632.